The summed E-state index contributed by atoms with van der Waals surface area (Å²) in [5.41, 5.74) is -0.182. The molecule has 0 aliphatic carbocycles. The number of nitrogens with one attached hydrogen (secondary N) is 2. The smallest absolute Gasteiger partial charge is 0.410 e. The predicted molar refractivity (Wildman–Crippen MR) is 113 cm³/mol. The molecule has 12 nitrogen and oxygen atoms in total. The number of unbranched alkanes of at least 4 members (excludes halogenated alkanes) is 3. The normalized spacial score (nSPS) is 10.1. The molecule has 2 rings (SSSR count). The van der Waals surface area contributed by atoms with Crippen molar-refractivity contribution in [3.63, 3.8) is 0 Å². The first kappa shape index (κ1) is 24.1. The number of hydrogen-bond donors (Lipinski definition) is 2. The van der Waals surface area contributed by atoms with Gasteiger partial charge < -0.3 is 20.1 Å². The minimum atomic E-state index is -0.644. The number of non-ortho nitro benzene ring substituents is 2. The lowest BCUT2D eigenvalue weighted by Crippen LogP contribution is -2.28. The topological polar surface area (TPSA) is 163 Å². The number of nitrogens with zero attached hydrogens (tertiary/aromatic N) is 2. The Morgan fingerprint density at radius 3 is 1.31 bits per heavy atom. The van der Waals surface area contributed by atoms with Crippen molar-refractivity contribution in [2.24, 2.45) is 0 Å². The quantitative estimate of drug-likeness (QED) is 0.298. The Labute approximate surface area is 182 Å². The molecule has 12 heteroatoms. The zero-order valence-corrected chi connectivity index (χ0v) is 17.0. The minimum Gasteiger partial charge on any atom is -0.410 e. The lowest BCUT2D eigenvalue weighted by molar-refractivity contribution is -0.385. The number of benzene rings is 2. The highest BCUT2D eigenvalue weighted by Gasteiger charge is 2.09. The van der Waals surface area contributed by atoms with E-state index in [1.807, 2.05) is 0 Å². The van der Waals surface area contributed by atoms with Crippen molar-refractivity contribution in [2.75, 3.05) is 13.1 Å². The van der Waals surface area contributed by atoms with Gasteiger partial charge in [0.1, 0.15) is 11.5 Å². The Bertz CT molecular complexity index is 854. The zero-order valence-electron chi connectivity index (χ0n) is 17.0. The van der Waals surface area contributed by atoms with Crippen molar-refractivity contribution in [1.29, 1.82) is 0 Å². The molecule has 0 aromatic heterocycles. The largest absolute Gasteiger partial charge is 0.412 e. The minimum absolute atomic E-state index is 0.0909. The number of ether oxygens (including phenoxy) is 2. The van der Waals surface area contributed by atoms with E-state index in [2.05, 4.69) is 10.6 Å². The van der Waals surface area contributed by atoms with E-state index in [-0.39, 0.29) is 22.9 Å². The van der Waals surface area contributed by atoms with Gasteiger partial charge >= 0.3 is 12.2 Å². The predicted octanol–water partition coefficient (Wildman–Crippen LogP) is 3.94. The third-order valence-corrected chi connectivity index (χ3v) is 4.16. The summed E-state index contributed by atoms with van der Waals surface area (Å²) in [4.78, 5) is 43.4. The number of carbonyl (C=O) groups is 2. The van der Waals surface area contributed by atoms with Gasteiger partial charge in [0.2, 0.25) is 0 Å². The highest BCUT2D eigenvalue weighted by molar-refractivity contribution is 5.70. The Kier molecular flexibility index (Phi) is 9.37. The van der Waals surface area contributed by atoms with Gasteiger partial charge in [0, 0.05) is 37.4 Å². The van der Waals surface area contributed by atoms with Crippen LogP contribution in [0.2, 0.25) is 0 Å². The summed E-state index contributed by atoms with van der Waals surface area (Å²) in [6, 6.07) is 10.4. The fraction of sp³-hybridized carbons (Fsp3) is 0.300. The summed E-state index contributed by atoms with van der Waals surface area (Å²) in [6.45, 7) is 0.808. The molecule has 0 radical (unpaired) electrons. The number of nitro groups is 2. The van der Waals surface area contributed by atoms with Gasteiger partial charge in [-0.2, -0.15) is 0 Å². The molecule has 0 fully saturated rings. The van der Waals surface area contributed by atoms with Crippen LogP contribution >= 0.6 is 0 Å². The first-order chi connectivity index (χ1) is 15.3. The molecule has 2 aromatic carbocycles. The van der Waals surface area contributed by atoms with Crippen molar-refractivity contribution < 1.29 is 28.9 Å². The van der Waals surface area contributed by atoms with Crippen LogP contribution in [0, 0.1) is 20.2 Å². The van der Waals surface area contributed by atoms with Crippen LogP contribution in [0.15, 0.2) is 48.5 Å². The van der Waals surface area contributed by atoms with Gasteiger partial charge in [-0.1, -0.05) is 12.8 Å². The van der Waals surface area contributed by atoms with Crippen LogP contribution in [0.3, 0.4) is 0 Å². The highest BCUT2D eigenvalue weighted by atomic mass is 16.6. The van der Waals surface area contributed by atoms with E-state index in [0.29, 0.717) is 25.9 Å². The molecule has 0 aliphatic rings. The molecule has 2 N–H and O–H groups in total. The van der Waals surface area contributed by atoms with E-state index in [1.54, 1.807) is 0 Å². The molecular weight excluding hydrogens is 424 g/mol. The van der Waals surface area contributed by atoms with E-state index >= 15 is 0 Å². The van der Waals surface area contributed by atoms with E-state index in [0.717, 1.165) is 12.8 Å². The van der Waals surface area contributed by atoms with Crippen LogP contribution in [0.5, 0.6) is 11.5 Å². The first-order valence-electron chi connectivity index (χ1n) is 9.75. The van der Waals surface area contributed by atoms with Gasteiger partial charge in [-0.15, -0.1) is 0 Å². The van der Waals surface area contributed by atoms with Crippen molar-refractivity contribution in [1.82, 2.24) is 10.6 Å². The summed E-state index contributed by atoms with van der Waals surface area (Å²) in [5.74, 6) is 0.416. The van der Waals surface area contributed by atoms with E-state index < -0.39 is 22.0 Å². The zero-order chi connectivity index (χ0) is 23.3. The first-order valence-corrected chi connectivity index (χ1v) is 9.75. The van der Waals surface area contributed by atoms with Gasteiger partial charge in [-0.25, -0.2) is 9.59 Å². The second-order valence-corrected chi connectivity index (χ2v) is 6.55. The molecule has 0 heterocycles. The Hall–Kier alpha value is -4.22. The number of hydrogen-bond acceptors (Lipinski definition) is 8. The summed E-state index contributed by atoms with van der Waals surface area (Å²) in [6.07, 6.45) is 1.77. The van der Waals surface area contributed by atoms with Crippen LogP contribution in [-0.4, -0.2) is 35.1 Å². The van der Waals surface area contributed by atoms with Gasteiger partial charge in [-0.3, -0.25) is 20.2 Å². The highest BCUT2D eigenvalue weighted by Crippen LogP contribution is 2.18. The molecule has 0 spiro atoms. The number of amides is 2. The van der Waals surface area contributed by atoms with E-state index in [4.69, 9.17) is 9.47 Å². The maximum Gasteiger partial charge on any atom is 0.412 e. The van der Waals surface area contributed by atoms with Crippen molar-refractivity contribution in [3.8, 4) is 11.5 Å². The van der Waals surface area contributed by atoms with Crippen molar-refractivity contribution in [3.05, 3.63) is 68.8 Å². The third-order valence-electron chi connectivity index (χ3n) is 4.16. The van der Waals surface area contributed by atoms with E-state index in [9.17, 15) is 29.8 Å². The molecule has 0 bridgehead atoms. The molecule has 2 amide bonds. The average Bonchev–Trinajstić information content (AvgIpc) is 2.76. The van der Waals surface area contributed by atoms with Crippen LogP contribution in [0.1, 0.15) is 25.7 Å². The second-order valence-electron chi connectivity index (χ2n) is 6.55. The van der Waals surface area contributed by atoms with Gasteiger partial charge in [0.25, 0.3) is 11.4 Å². The number of nitro benzene ring substituents is 2. The summed E-state index contributed by atoms with van der Waals surface area (Å²) >= 11 is 0. The van der Waals surface area contributed by atoms with Crippen molar-refractivity contribution >= 4 is 23.6 Å². The summed E-state index contributed by atoms with van der Waals surface area (Å²) in [7, 11) is 0. The molecule has 0 atom stereocenters. The van der Waals surface area contributed by atoms with Gasteiger partial charge in [0.15, 0.2) is 0 Å². The molecule has 2 aromatic rings. The Morgan fingerprint density at radius 1 is 0.656 bits per heavy atom. The molecule has 0 unspecified atom stereocenters. The standard InChI is InChI=1S/C20H22N4O8/c25-19(31-17-9-5-15(6-10-17)23(27)28)21-13-3-1-2-4-14-22-20(26)32-18-11-7-16(8-12-18)24(29)30/h5-12H,1-4,13-14H2,(H,21,25)(H,22,26). The molecule has 32 heavy (non-hydrogen) atoms. The fourth-order valence-electron chi connectivity index (χ4n) is 2.54. The molecular formula is C20H22N4O8. The molecule has 170 valence electrons. The average molecular weight is 446 g/mol. The van der Waals surface area contributed by atoms with Crippen molar-refractivity contribution in [2.45, 2.75) is 25.7 Å². The SMILES string of the molecule is O=C(NCCCCCCNC(=O)Oc1ccc([N+](=O)[O-])cc1)Oc1ccc([N+](=O)[O-])cc1. The number of rotatable bonds is 11. The van der Waals surface area contributed by atoms with E-state index in [1.165, 1.54) is 48.5 Å². The number of carbonyl (C=O) groups excluding carboxylic acids is 2. The summed E-state index contributed by atoms with van der Waals surface area (Å²) < 4.78 is 10.0. The van der Waals surface area contributed by atoms with Gasteiger partial charge in [0.05, 0.1) is 9.85 Å². The second kappa shape index (κ2) is 12.5. The maximum absolute atomic E-state index is 11.7. The Balaban J connectivity index is 1.50. The lowest BCUT2D eigenvalue weighted by atomic mass is 10.2. The van der Waals surface area contributed by atoms with Crippen LogP contribution in [-0.2, 0) is 0 Å². The maximum atomic E-state index is 11.7. The van der Waals surface area contributed by atoms with Crippen LogP contribution in [0.25, 0.3) is 0 Å². The lowest BCUT2D eigenvalue weighted by Gasteiger charge is -2.07. The van der Waals surface area contributed by atoms with Gasteiger partial charge in [-0.05, 0) is 37.1 Å². The third kappa shape index (κ3) is 8.65. The molecule has 0 saturated heterocycles. The van der Waals surface area contributed by atoms with Crippen LogP contribution in [0.4, 0.5) is 21.0 Å². The Morgan fingerprint density at radius 2 is 1.00 bits per heavy atom. The van der Waals surface area contributed by atoms with Crippen LogP contribution < -0.4 is 20.1 Å². The molecule has 0 saturated carbocycles. The molecule has 0 aliphatic heterocycles. The summed E-state index contributed by atoms with van der Waals surface area (Å²) in [5, 5.41) is 26.3. The monoisotopic (exact) mass is 446 g/mol. The fourth-order valence-corrected chi connectivity index (χ4v) is 2.54.